The number of benzene rings is 1. The molecule has 0 spiro atoms. The summed E-state index contributed by atoms with van der Waals surface area (Å²) in [5.74, 6) is 1.65. The summed E-state index contributed by atoms with van der Waals surface area (Å²) in [6.45, 7) is 8.15. The summed E-state index contributed by atoms with van der Waals surface area (Å²) in [6, 6.07) is 6.57. The molecule has 1 fully saturated rings. The molecule has 1 saturated heterocycles. The first-order valence-electron chi connectivity index (χ1n) is 7.46. The Balaban J connectivity index is 1.97. The zero-order valence-electron chi connectivity index (χ0n) is 12.7. The fraction of sp³-hybridized carbons (Fsp3) is 0.625. The van der Waals surface area contributed by atoms with E-state index in [1.165, 1.54) is 32.5 Å². The molecule has 1 atom stereocenters. The van der Waals surface area contributed by atoms with Crippen LogP contribution in [-0.2, 0) is 0 Å². The van der Waals surface area contributed by atoms with Gasteiger partial charge in [-0.15, -0.1) is 0 Å². The minimum Gasteiger partial charge on any atom is -0.495 e. The SMILES string of the molecule is CCN1CCC(C(C)Nc2cc(Br)ccc2OC)CC1. The van der Waals surface area contributed by atoms with E-state index < -0.39 is 0 Å². The van der Waals surface area contributed by atoms with E-state index in [0.717, 1.165) is 21.8 Å². The minimum absolute atomic E-state index is 0.470. The van der Waals surface area contributed by atoms with Gasteiger partial charge in [0, 0.05) is 10.5 Å². The summed E-state index contributed by atoms with van der Waals surface area (Å²) in [7, 11) is 1.72. The zero-order valence-corrected chi connectivity index (χ0v) is 14.2. The Bertz CT molecular complexity index is 430. The third kappa shape index (κ3) is 3.89. The number of nitrogens with zero attached hydrogens (tertiary/aromatic N) is 1. The van der Waals surface area contributed by atoms with Gasteiger partial charge in [0.15, 0.2) is 0 Å². The molecule has 0 amide bonds. The third-order valence-electron chi connectivity index (χ3n) is 4.33. The quantitative estimate of drug-likeness (QED) is 0.876. The molecule has 1 aromatic rings. The standard InChI is InChI=1S/C16H25BrN2O/c1-4-19-9-7-13(8-10-19)12(2)18-15-11-14(17)5-6-16(15)20-3/h5-6,11-13,18H,4,7-10H2,1-3H3. The molecule has 2 rings (SSSR count). The molecule has 0 aliphatic carbocycles. The first-order chi connectivity index (χ1) is 9.63. The van der Waals surface area contributed by atoms with E-state index in [1.807, 2.05) is 12.1 Å². The highest BCUT2D eigenvalue weighted by molar-refractivity contribution is 9.10. The molecule has 1 N–H and O–H groups in total. The molecule has 1 aliphatic heterocycles. The fourth-order valence-corrected chi connectivity index (χ4v) is 3.29. The molecular weight excluding hydrogens is 316 g/mol. The summed E-state index contributed by atoms with van der Waals surface area (Å²) in [4.78, 5) is 2.53. The van der Waals surface area contributed by atoms with Gasteiger partial charge in [0.25, 0.3) is 0 Å². The zero-order chi connectivity index (χ0) is 14.5. The van der Waals surface area contributed by atoms with E-state index in [1.54, 1.807) is 7.11 Å². The first kappa shape index (κ1) is 15.6. The molecule has 20 heavy (non-hydrogen) atoms. The lowest BCUT2D eigenvalue weighted by Gasteiger charge is -2.35. The van der Waals surface area contributed by atoms with Crippen LogP contribution in [-0.4, -0.2) is 37.7 Å². The van der Waals surface area contributed by atoms with Crippen molar-refractivity contribution in [3.05, 3.63) is 22.7 Å². The second-order valence-corrected chi connectivity index (χ2v) is 6.46. The Morgan fingerprint density at radius 1 is 1.40 bits per heavy atom. The molecule has 1 aliphatic rings. The van der Waals surface area contributed by atoms with E-state index in [4.69, 9.17) is 4.74 Å². The molecule has 0 radical (unpaired) electrons. The Morgan fingerprint density at radius 3 is 2.70 bits per heavy atom. The molecule has 1 unspecified atom stereocenters. The lowest BCUT2D eigenvalue weighted by molar-refractivity contribution is 0.183. The van der Waals surface area contributed by atoms with Crippen LogP contribution >= 0.6 is 15.9 Å². The van der Waals surface area contributed by atoms with Crippen molar-refractivity contribution in [2.75, 3.05) is 32.1 Å². The van der Waals surface area contributed by atoms with Gasteiger partial charge in [0.2, 0.25) is 0 Å². The molecule has 1 aromatic carbocycles. The van der Waals surface area contributed by atoms with Crippen molar-refractivity contribution >= 4 is 21.6 Å². The molecule has 112 valence electrons. The van der Waals surface area contributed by atoms with Gasteiger partial charge in [0.05, 0.1) is 12.8 Å². The van der Waals surface area contributed by atoms with Crippen molar-refractivity contribution in [1.82, 2.24) is 4.90 Å². The van der Waals surface area contributed by atoms with Crippen LogP contribution in [0.3, 0.4) is 0 Å². The molecule has 3 nitrogen and oxygen atoms in total. The number of halogens is 1. The number of methoxy groups -OCH3 is 1. The van der Waals surface area contributed by atoms with Gasteiger partial charge in [-0.05, 0) is 63.5 Å². The molecule has 4 heteroatoms. The molecule has 0 bridgehead atoms. The van der Waals surface area contributed by atoms with Crippen LogP contribution in [0.15, 0.2) is 22.7 Å². The monoisotopic (exact) mass is 340 g/mol. The normalized spacial score (nSPS) is 18.8. The molecule has 1 heterocycles. The van der Waals surface area contributed by atoms with Gasteiger partial charge in [-0.1, -0.05) is 22.9 Å². The fourth-order valence-electron chi connectivity index (χ4n) is 2.93. The summed E-state index contributed by atoms with van der Waals surface area (Å²) >= 11 is 3.53. The maximum atomic E-state index is 5.43. The number of hydrogen-bond donors (Lipinski definition) is 1. The number of likely N-dealkylation sites (tertiary alicyclic amines) is 1. The van der Waals surface area contributed by atoms with Crippen LogP contribution in [0.5, 0.6) is 5.75 Å². The van der Waals surface area contributed by atoms with E-state index in [2.05, 4.69) is 46.1 Å². The van der Waals surface area contributed by atoms with Gasteiger partial charge < -0.3 is 15.0 Å². The second kappa shape index (κ2) is 7.32. The van der Waals surface area contributed by atoms with Crippen LogP contribution in [0.25, 0.3) is 0 Å². The average Bonchev–Trinajstić information content (AvgIpc) is 2.47. The highest BCUT2D eigenvalue weighted by Gasteiger charge is 2.23. The number of hydrogen-bond acceptors (Lipinski definition) is 3. The average molecular weight is 341 g/mol. The Hall–Kier alpha value is -0.740. The van der Waals surface area contributed by atoms with Gasteiger partial charge in [-0.3, -0.25) is 0 Å². The summed E-state index contributed by atoms with van der Waals surface area (Å²) in [5.41, 5.74) is 1.08. The van der Waals surface area contributed by atoms with Gasteiger partial charge in [0.1, 0.15) is 5.75 Å². The summed E-state index contributed by atoms with van der Waals surface area (Å²) in [5, 5.41) is 3.63. The van der Waals surface area contributed by atoms with Crippen LogP contribution < -0.4 is 10.1 Å². The van der Waals surface area contributed by atoms with E-state index in [0.29, 0.717) is 6.04 Å². The van der Waals surface area contributed by atoms with Gasteiger partial charge >= 0.3 is 0 Å². The number of rotatable bonds is 5. The number of nitrogens with one attached hydrogen (secondary N) is 1. The predicted octanol–water partition coefficient (Wildman–Crippen LogP) is 3.99. The lowest BCUT2D eigenvalue weighted by Crippen LogP contribution is -2.39. The van der Waals surface area contributed by atoms with Gasteiger partial charge in [-0.2, -0.15) is 0 Å². The topological polar surface area (TPSA) is 24.5 Å². The summed E-state index contributed by atoms with van der Waals surface area (Å²) in [6.07, 6.45) is 2.55. The predicted molar refractivity (Wildman–Crippen MR) is 88.6 cm³/mol. The number of ether oxygens (including phenoxy) is 1. The molecule has 0 aromatic heterocycles. The lowest BCUT2D eigenvalue weighted by atomic mass is 9.90. The van der Waals surface area contributed by atoms with Crippen molar-refractivity contribution in [2.24, 2.45) is 5.92 Å². The largest absolute Gasteiger partial charge is 0.495 e. The molecular formula is C16H25BrN2O. The maximum Gasteiger partial charge on any atom is 0.142 e. The highest BCUT2D eigenvalue weighted by atomic mass is 79.9. The van der Waals surface area contributed by atoms with Crippen LogP contribution in [0.2, 0.25) is 0 Å². The summed E-state index contributed by atoms with van der Waals surface area (Å²) < 4.78 is 6.51. The second-order valence-electron chi connectivity index (χ2n) is 5.55. The minimum atomic E-state index is 0.470. The van der Waals surface area contributed by atoms with Crippen LogP contribution in [0.1, 0.15) is 26.7 Å². The number of piperidine rings is 1. The Labute approximate surface area is 130 Å². The van der Waals surface area contributed by atoms with E-state index in [9.17, 15) is 0 Å². The maximum absolute atomic E-state index is 5.43. The van der Waals surface area contributed by atoms with Crippen molar-refractivity contribution in [3.8, 4) is 5.75 Å². The molecule has 0 saturated carbocycles. The number of anilines is 1. The highest BCUT2D eigenvalue weighted by Crippen LogP contribution is 2.31. The van der Waals surface area contributed by atoms with E-state index >= 15 is 0 Å². The van der Waals surface area contributed by atoms with Crippen molar-refractivity contribution < 1.29 is 4.74 Å². The van der Waals surface area contributed by atoms with Crippen molar-refractivity contribution in [2.45, 2.75) is 32.7 Å². The van der Waals surface area contributed by atoms with Gasteiger partial charge in [-0.25, -0.2) is 0 Å². The van der Waals surface area contributed by atoms with Crippen molar-refractivity contribution in [3.63, 3.8) is 0 Å². The Morgan fingerprint density at radius 2 is 2.10 bits per heavy atom. The third-order valence-corrected chi connectivity index (χ3v) is 4.82. The van der Waals surface area contributed by atoms with Crippen LogP contribution in [0.4, 0.5) is 5.69 Å². The smallest absolute Gasteiger partial charge is 0.142 e. The Kier molecular flexibility index (Phi) is 5.73. The van der Waals surface area contributed by atoms with Crippen molar-refractivity contribution in [1.29, 1.82) is 0 Å². The first-order valence-corrected chi connectivity index (χ1v) is 8.25. The van der Waals surface area contributed by atoms with Crippen LogP contribution in [0, 0.1) is 5.92 Å². The van der Waals surface area contributed by atoms with E-state index in [-0.39, 0.29) is 0 Å².